The van der Waals surface area contributed by atoms with Gasteiger partial charge in [0.25, 0.3) is 5.88 Å². The van der Waals surface area contributed by atoms with Gasteiger partial charge in [-0.2, -0.15) is 0 Å². The molecule has 0 aliphatic heterocycles. The summed E-state index contributed by atoms with van der Waals surface area (Å²) in [4.78, 5) is 12.4. The number of nitrogens with zero attached hydrogens (tertiary/aromatic N) is 4. The second-order valence-electron chi connectivity index (χ2n) is 6.28. The summed E-state index contributed by atoms with van der Waals surface area (Å²) in [6.07, 6.45) is 5.56. The molecule has 0 aliphatic rings. The number of fused-ring (bicyclic) bond motifs is 1. The van der Waals surface area contributed by atoms with Gasteiger partial charge in [-0.3, -0.25) is 4.68 Å². The zero-order chi connectivity index (χ0) is 19.0. The first-order valence-electron chi connectivity index (χ1n) is 8.70. The van der Waals surface area contributed by atoms with E-state index in [1.54, 1.807) is 10.9 Å². The summed E-state index contributed by atoms with van der Waals surface area (Å²) in [7, 11) is 1.84. The van der Waals surface area contributed by atoms with Crippen molar-refractivity contribution in [2.24, 2.45) is 7.05 Å². The van der Waals surface area contributed by atoms with Crippen molar-refractivity contribution in [3.63, 3.8) is 0 Å². The molecule has 1 aromatic carbocycles. The third-order valence-electron chi connectivity index (χ3n) is 4.30. The molecule has 27 heavy (non-hydrogen) atoms. The minimum atomic E-state index is 0.475. The van der Waals surface area contributed by atoms with E-state index < -0.39 is 0 Å². The van der Waals surface area contributed by atoms with E-state index in [0.29, 0.717) is 24.1 Å². The lowest BCUT2D eigenvalue weighted by Crippen LogP contribution is -2.01. The summed E-state index contributed by atoms with van der Waals surface area (Å²) in [6.45, 7) is 4.43. The van der Waals surface area contributed by atoms with Crippen LogP contribution in [0, 0.1) is 6.92 Å². The molecule has 4 N–H and O–H groups in total. The second kappa shape index (κ2) is 6.64. The SMILES string of the molecule is CCOc1nn(C)cc1Nc1ncc(C)c(-c2c[nH]c3c(N)cccc23)n1. The number of rotatable bonds is 5. The molecular weight excluding hydrogens is 342 g/mol. The maximum Gasteiger partial charge on any atom is 0.256 e. The molecule has 0 aliphatic carbocycles. The van der Waals surface area contributed by atoms with Crippen LogP contribution < -0.4 is 15.8 Å². The summed E-state index contributed by atoms with van der Waals surface area (Å²) in [5.74, 6) is 0.994. The van der Waals surface area contributed by atoms with Crippen LogP contribution in [-0.4, -0.2) is 31.3 Å². The lowest BCUT2D eigenvalue weighted by molar-refractivity contribution is 0.324. The highest BCUT2D eigenvalue weighted by molar-refractivity contribution is 6.00. The second-order valence-corrected chi connectivity index (χ2v) is 6.28. The normalized spacial score (nSPS) is 11.1. The number of H-pyrrole nitrogens is 1. The average molecular weight is 363 g/mol. The Bertz CT molecular complexity index is 1110. The molecule has 3 aromatic heterocycles. The molecule has 0 unspecified atom stereocenters. The Balaban J connectivity index is 1.75. The zero-order valence-electron chi connectivity index (χ0n) is 15.4. The van der Waals surface area contributed by atoms with E-state index in [0.717, 1.165) is 33.4 Å². The molecule has 8 nitrogen and oxygen atoms in total. The number of aryl methyl sites for hydroxylation is 2. The number of nitrogen functional groups attached to an aromatic ring is 1. The van der Waals surface area contributed by atoms with Gasteiger partial charge in [-0.25, -0.2) is 9.97 Å². The van der Waals surface area contributed by atoms with Crippen LogP contribution in [0.25, 0.3) is 22.2 Å². The van der Waals surface area contributed by atoms with Crippen molar-refractivity contribution >= 4 is 28.2 Å². The number of hydrogen-bond acceptors (Lipinski definition) is 6. The lowest BCUT2D eigenvalue weighted by atomic mass is 10.1. The van der Waals surface area contributed by atoms with Crippen molar-refractivity contribution in [2.45, 2.75) is 13.8 Å². The van der Waals surface area contributed by atoms with Gasteiger partial charge in [0.05, 0.1) is 29.7 Å². The number of nitrogens with two attached hydrogens (primary N) is 1. The lowest BCUT2D eigenvalue weighted by Gasteiger charge is -2.09. The maximum atomic E-state index is 6.07. The van der Waals surface area contributed by atoms with E-state index >= 15 is 0 Å². The Morgan fingerprint density at radius 3 is 3.00 bits per heavy atom. The van der Waals surface area contributed by atoms with Gasteiger partial charge in [-0.05, 0) is 25.5 Å². The summed E-state index contributed by atoms with van der Waals surface area (Å²) in [5.41, 5.74) is 11.2. The van der Waals surface area contributed by atoms with Crippen molar-refractivity contribution < 1.29 is 4.74 Å². The summed E-state index contributed by atoms with van der Waals surface area (Å²) < 4.78 is 7.24. The molecule has 0 saturated heterocycles. The third-order valence-corrected chi connectivity index (χ3v) is 4.30. The fraction of sp³-hybridized carbons (Fsp3) is 0.211. The van der Waals surface area contributed by atoms with Gasteiger partial charge in [0.15, 0.2) is 0 Å². The number of hydrogen-bond donors (Lipinski definition) is 3. The van der Waals surface area contributed by atoms with Gasteiger partial charge in [0, 0.05) is 30.4 Å². The summed E-state index contributed by atoms with van der Waals surface area (Å²) in [5, 5.41) is 8.52. The van der Waals surface area contributed by atoms with Gasteiger partial charge in [0.1, 0.15) is 5.69 Å². The smallest absolute Gasteiger partial charge is 0.256 e. The molecule has 0 spiro atoms. The third kappa shape index (κ3) is 3.05. The molecular formula is C19H21N7O. The van der Waals surface area contributed by atoms with Crippen LogP contribution in [0.1, 0.15) is 12.5 Å². The molecule has 0 saturated carbocycles. The molecule has 0 fully saturated rings. The van der Waals surface area contributed by atoms with Gasteiger partial charge in [-0.15, -0.1) is 5.10 Å². The molecule has 0 radical (unpaired) electrons. The standard InChI is InChI=1S/C19H21N7O/c1-4-27-18-15(10-26(3)25-18)23-19-22-8-11(2)16(24-19)13-9-21-17-12(13)6-5-7-14(17)20/h5-10,21H,4,20H2,1-3H3,(H,22,23,24). The predicted octanol–water partition coefficient (Wildman–Crippen LogP) is 3.39. The molecule has 0 bridgehead atoms. The highest BCUT2D eigenvalue weighted by atomic mass is 16.5. The van der Waals surface area contributed by atoms with Crippen LogP contribution in [0.4, 0.5) is 17.3 Å². The van der Waals surface area contributed by atoms with E-state index in [9.17, 15) is 0 Å². The Kier molecular flexibility index (Phi) is 4.15. The zero-order valence-corrected chi connectivity index (χ0v) is 15.4. The van der Waals surface area contributed by atoms with Crippen LogP contribution in [-0.2, 0) is 7.05 Å². The molecule has 8 heteroatoms. The largest absolute Gasteiger partial charge is 0.475 e. The highest BCUT2D eigenvalue weighted by Gasteiger charge is 2.15. The topological polar surface area (TPSA) is 107 Å². The van der Waals surface area contributed by atoms with Crippen LogP contribution in [0.5, 0.6) is 5.88 Å². The Hall–Kier alpha value is -3.55. The Labute approximate surface area is 156 Å². The quantitative estimate of drug-likeness (QED) is 0.469. The number of aromatic nitrogens is 5. The van der Waals surface area contributed by atoms with Crippen LogP contribution in [0.2, 0.25) is 0 Å². The van der Waals surface area contributed by atoms with Gasteiger partial charge in [0.2, 0.25) is 5.95 Å². The molecule has 0 amide bonds. The minimum Gasteiger partial charge on any atom is -0.475 e. The average Bonchev–Trinajstić information content (AvgIpc) is 3.22. The minimum absolute atomic E-state index is 0.475. The number of para-hydroxylation sites is 1. The molecule has 0 atom stereocenters. The number of anilines is 3. The molecule has 3 heterocycles. The van der Waals surface area contributed by atoms with E-state index in [4.69, 9.17) is 15.5 Å². The first kappa shape index (κ1) is 16.9. The van der Waals surface area contributed by atoms with Crippen LogP contribution >= 0.6 is 0 Å². The van der Waals surface area contributed by atoms with Crippen molar-refractivity contribution in [1.29, 1.82) is 0 Å². The number of ether oxygens (including phenoxy) is 1. The van der Waals surface area contributed by atoms with Crippen molar-refractivity contribution in [1.82, 2.24) is 24.7 Å². The molecule has 4 aromatic rings. The number of aromatic amines is 1. The highest BCUT2D eigenvalue weighted by Crippen LogP contribution is 2.33. The fourth-order valence-electron chi connectivity index (χ4n) is 3.07. The number of benzene rings is 1. The van der Waals surface area contributed by atoms with E-state index in [1.807, 2.05) is 51.5 Å². The van der Waals surface area contributed by atoms with Crippen molar-refractivity contribution in [3.05, 3.63) is 42.4 Å². The van der Waals surface area contributed by atoms with E-state index in [-0.39, 0.29) is 0 Å². The monoisotopic (exact) mass is 363 g/mol. The Morgan fingerprint density at radius 2 is 2.19 bits per heavy atom. The van der Waals surface area contributed by atoms with Crippen molar-refractivity contribution in [2.75, 3.05) is 17.7 Å². The maximum absolute atomic E-state index is 6.07. The van der Waals surface area contributed by atoms with E-state index in [2.05, 4.69) is 20.4 Å². The fourth-order valence-corrected chi connectivity index (χ4v) is 3.07. The van der Waals surface area contributed by atoms with Crippen LogP contribution in [0.3, 0.4) is 0 Å². The predicted molar refractivity (Wildman–Crippen MR) is 106 cm³/mol. The first-order valence-corrected chi connectivity index (χ1v) is 8.70. The van der Waals surface area contributed by atoms with Gasteiger partial charge in [-0.1, -0.05) is 12.1 Å². The first-order chi connectivity index (χ1) is 13.1. The van der Waals surface area contributed by atoms with Gasteiger partial charge < -0.3 is 20.8 Å². The molecule has 4 rings (SSSR count). The van der Waals surface area contributed by atoms with Crippen molar-refractivity contribution in [3.8, 4) is 17.1 Å². The summed E-state index contributed by atoms with van der Waals surface area (Å²) >= 11 is 0. The summed E-state index contributed by atoms with van der Waals surface area (Å²) in [6, 6.07) is 5.84. The van der Waals surface area contributed by atoms with Gasteiger partial charge >= 0.3 is 0 Å². The van der Waals surface area contributed by atoms with E-state index in [1.165, 1.54) is 0 Å². The number of nitrogens with one attached hydrogen (secondary N) is 2. The van der Waals surface area contributed by atoms with Crippen LogP contribution in [0.15, 0.2) is 36.8 Å². The molecule has 138 valence electrons. The Morgan fingerprint density at radius 1 is 1.33 bits per heavy atom.